The number of pyridine rings is 1. The number of hydrogen-bond donors (Lipinski definition) is 1. The van der Waals surface area contributed by atoms with Gasteiger partial charge in [-0.1, -0.05) is 6.07 Å². The molecule has 1 saturated carbocycles. The van der Waals surface area contributed by atoms with Gasteiger partial charge in [0.1, 0.15) is 0 Å². The van der Waals surface area contributed by atoms with E-state index < -0.39 is 5.95 Å². The highest BCUT2D eigenvalue weighted by atomic mass is 19.1. The molecule has 1 aromatic heterocycles. The van der Waals surface area contributed by atoms with Crippen molar-refractivity contribution in [1.29, 1.82) is 0 Å². The van der Waals surface area contributed by atoms with E-state index in [2.05, 4.69) is 16.9 Å². The van der Waals surface area contributed by atoms with E-state index in [-0.39, 0.29) is 6.61 Å². The molecule has 2 atom stereocenters. The molecule has 2 aliphatic rings. The third-order valence-corrected chi connectivity index (χ3v) is 3.76. The normalized spacial score (nSPS) is 26.6. The first kappa shape index (κ1) is 13.4. The summed E-state index contributed by atoms with van der Waals surface area (Å²) < 4.78 is 12.0. The molecule has 1 N–H and O–H groups in total. The maximum Gasteiger partial charge on any atom is 0.212 e. The minimum absolute atomic E-state index is 0.0900. The first-order chi connectivity index (χ1) is 8.67. The lowest BCUT2D eigenvalue weighted by atomic mass is 10.00. The van der Waals surface area contributed by atoms with Crippen molar-refractivity contribution in [2.45, 2.75) is 25.9 Å². The fourth-order valence-corrected chi connectivity index (χ4v) is 2.97. The average molecular weight is 252 g/mol. The molecule has 2 bridgehead atoms. The van der Waals surface area contributed by atoms with Gasteiger partial charge in [-0.05, 0) is 49.8 Å². The second-order valence-electron chi connectivity index (χ2n) is 5.41. The van der Waals surface area contributed by atoms with E-state index in [9.17, 15) is 4.39 Å². The molecule has 3 rings (SSSR count). The zero-order valence-electron chi connectivity index (χ0n) is 10.8. The number of likely N-dealkylation sites (tertiary alicyclic amines) is 1. The van der Waals surface area contributed by atoms with E-state index in [1.807, 2.05) is 0 Å². The van der Waals surface area contributed by atoms with E-state index in [0.717, 1.165) is 11.8 Å². The Labute approximate surface area is 108 Å². The summed E-state index contributed by atoms with van der Waals surface area (Å²) in [6, 6.07) is 2.70. The Hall–Kier alpha value is -1.00. The van der Waals surface area contributed by atoms with E-state index in [1.165, 1.54) is 50.7 Å². The van der Waals surface area contributed by atoms with Crippen molar-refractivity contribution in [3.8, 4) is 0 Å². The molecule has 1 aromatic rings. The van der Waals surface area contributed by atoms with Crippen molar-refractivity contribution in [3.05, 3.63) is 29.8 Å². The Balaban J connectivity index is 0.000000134. The molecule has 1 unspecified atom stereocenters. The van der Waals surface area contributed by atoms with E-state index in [4.69, 9.17) is 5.11 Å². The van der Waals surface area contributed by atoms with Gasteiger partial charge in [0.25, 0.3) is 0 Å². The fourth-order valence-electron chi connectivity index (χ4n) is 2.97. The fraction of sp³-hybridized carbons (Fsp3) is 0.643. The lowest BCUT2D eigenvalue weighted by Crippen LogP contribution is -2.32. The highest BCUT2D eigenvalue weighted by molar-refractivity contribution is 5.07. The molecule has 0 aromatic carbocycles. The lowest BCUT2D eigenvalue weighted by molar-refractivity contribution is 0.203. The summed E-state index contributed by atoms with van der Waals surface area (Å²) in [4.78, 5) is 5.82. The van der Waals surface area contributed by atoms with Crippen LogP contribution in [0.3, 0.4) is 0 Å². The summed E-state index contributed by atoms with van der Waals surface area (Å²) in [7, 11) is 2.25. The molecular weight excluding hydrogens is 231 g/mol. The van der Waals surface area contributed by atoms with Crippen LogP contribution < -0.4 is 0 Å². The maximum absolute atomic E-state index is 12.0. The van der Waals surface area contributed by atoms with E-state index in [1.54, 1.807) is 0 Å². The second-order valence-corrected chi connectivity index (χ2v) is 5.41. The van der Waals surface area contributed by atoms with Crippen LogP contribution in [-0.2, 0) is 6.61 Å². The Morgan fingerprint density at radius 2 is 2.00 bits per heavy atom. The highest BCUT2D eigenvalue weighted by Gasteiger charge is 2.30. The van der Waals surface area contributed by atoms with Gasteiger partial charge in [0, 0.05) is 19.3 Å². The zero-order chi connectivity index (χ0) is 13.0. The third-order valence-electron chi connectivity index (χ3n) is 3.76. The van der Waals surface area contributed by atoms with Gasteiger partial charge < -0.3 is 10.0 Å². The number of piperidine rings is 1. The first-order valence-corrected chi connectivity index (χ1v) is 6.57. The van der Waals surface area contributed by atoms with Crippen molar-refractivity contribution < 1.29 is 9.50 Å². The summed E-state index contributed by atoms with van der Waals surface area (Å²) in [5.74, 6) is 1.61. The van der Waals surface area contributed by atoms with Gasteiger partial charge in [-0.2, -0.15) is 4.39 Å². The maximum atomic E-state index is 12.0. The Morgan fingerprint density at radius 3 is 2.50 bits per heavy atom. The number of aromatic nitrogens is 1. The number of halogens is 1. The molecule has 3 nitrogen and oxygen atoms in total. The molecule has 2 fully saturated rings. The van der Waals surface area contributed by atoms with Crippen molar-refractivity contribution in [2.75, 3.05) is 20.1 Å². The van der Waals surface area contributed by atoms with Crippen LogP contribution >= 0.6 is 0 Å². The monoisotopic (exact) mass is 252 g/mol. The number of rotatable bonds is 1. The molecule has 0 spiro atoms. The van der Waals surface area contributed by atoms with Gasteiger partial charge in [-0.15, -0.1) is 0 Å². The number of hydrogen-bond acceptors (Lipinski definition) is 3. The molecule has 18 heavy (non-hydrogen) atoms. The summed E-state index contributed by atoms with van der Waals surface area (Å²) in [6.45, 7) is 2.65. The van der Waals surface area contributed by atoms with Gasteiger partial charge in [0.2, 0.25) is 5.95 Å². The molecule has 1 aliphatic carbocycles. The Morgan fingerprint density at radius 1 is 1.33 bits per heavy atom. The lowest BCUT2D eigenvalue weighted by Gasteiger charge is -2.27. The van der Waals surface area contributed by atoms with Crippen molar-refractivity contribution in [3.63, 3.8) is 0 Å². The Bertz CT molecular complexity index is 357. The minimum atomic E-state index is -0.521. The largest absolute Gasteiger partial charge is 0.392 e. The number of nitrogens with zero attached hydrogens (tertiary/aromatic N) is 2. The smallest absolute Gasteiger partial charge is 0.212 e. The molecular formula is C14H21FN2O. The van der Waals surface area contributed by atoms with Gasteiger partial charge in [0.05, 0.1) is 6.61 Å². The zero-order valence-corrected chi connectivity index (χ0v) is 10.8. The van der Waals surface area contributed by atoms with Crippen LogP contribution in [0.1, 0.15) is 24.8 Å². The predicted octanol–water partition coefficient (Wildman–Crippen LogP) is 2.06. The third kappa shape index (κ3) is 3.75. The number of aliphatic hydroxyl groups excluding tert-OH is 1. The number of aliphatic hydroxyl groups is 1. The van der Waals surface area contributed by atoms with Crippen LogP contribution in [0.4, 0.5) is 4.39 Å². The van der Waals surface area contributed by atoms with Gasteiger partial charge >= 0.3 is 0 Å². The summed E-state index contributed by atoms with van der Waals surface area (Å²) in [5.41, 5.74) is 0.622. The van der Waals surface area contributed by atoms with Crippen molar-refractivity contribution in [2.24, 2.45) is 11.8 Å². The predicted molar refractivity (Wildman–Crippen MR) is 68.4 cm³/mol. The SMILES string of the molecule is CN1CC2CC[C@@H](C2)C1.OCc1ccc(F)nc1. The molecule has 100 valence electrons. The van der Waals surface area contributed by atoms with Crippen LogP contribution in [0.2, 0.25) is 0 Å². The van der Waals surface area contributed by atoms with Gasteiger partial charge in [-0.3, -0.25) is 0 Å². The first-order valence-electron chi connectivity index (χ1n) is 6.57. The quantitative estimate of drug-likeness (QED) is 0.777. The molecule has 1 saturated heterocycles. The minimum Gasteiger partial charge on any atom is -0.392 e. The van der Waals surface area contributed by atoms with E-state index in [0.29, 0.717) is 5.56 Å². The standard InChI is InChI=1S/C8H15N.C6H6FNO/c1-9-5-7-2-3-8(4-7)6-9;7-6-2-1-5(4-9)3-8-6/h7-8H,2-6H2,1H3;1-3,9H,4H2/t7-,8?;/m0./s1. The van der Waals surface area contributed by atoms with Crippen LogP contribution in [-0.4, -0.2) is 35.1 Å². The average Bonchev–Trinajstić information content (AvgIpc) is 2.71. The number of fused-ring (bicyclic) bond motifs is 2. The highest BCUT2D eigenvalue weighted by Crippen LogP contribution is 2.35. The van der Waals surface area contributed by atoms with E-state index >= 15 is 0 Å². The Kier molecular flexibility index (Phi) is 4.66. The van der Waals surface area contributed by atoms with Crippen LogP contribution in [0.25, 0.3) is 0 Å². The topological polar surface area (TPSA) is 36.4 Å². The van der Waals surface area contributed by atoms with Crippen molar-refractivity contribution >= 4 is 0 Å². The van der Waals surface area contributed by atoms with Gasteiger partial charge in [0.15, 0.2) is 0 Å². The van der Waals surface area contributed by atoms with Crippen LogP contribution in [0.15, 0.2) is 18.3 Å². The van der Waals surface area contributed by atoms with Crippen LogP contribution in [0.5, 0.6) is 0 Å². The molecule has 0 amide bonds. The van der Waals surface area contributed by atoms with Crippen molar-refractivity contribution in [1.82, 2.24) is 9.88 Å². The molecule has 4 heteroatoms. The second kappa shape index (κ2) is 6.25. The molecule has 2 heterocycles. The summed E-state index contributed by atoms with van der Waals surface area (Å²) >= 11 is 0. The summed E-state index contributed by atoms with van der Waals surface area (Å²) in [5, 5.41) is 8.47. The summed E-state index contributed by atoms with van der Waals surface area (Å²) in [6.07, 6.45) is 5.85. The van der Waals surface area contributed by atoms with Gasteiger partial charge in [-0.25, -0.2) is 4.98 Å². The molecule has 0 radical (unpaired) electrons. The van der Waals surface area contributed by atoms with Crippen LogP contribution in [0, 0.1) is 17.8 Å². The molecule has 1 aliphatic heterocycles.